The number of nitrogens with one attached hydrogen (secondary N) is 2. The Morgan fingerprint density at radius 3 is 2.63 bits per heavy atom. The third-order valence-corrected chi connectivity index (χ3v) is 4.26. The Morgan fingerprint density at radius 2 is 1.93 bits per heavy atom. The summed E-state index contributed by atoms with van der Waals surface area (Å²) < 4.78 is 40.1. The van der Waals surface area contributed by atoms with Gasteiger partial charge in [0.05, 0.1) is 40.6 Å². The number of aromatic nitrogens is 3. The Balaban J connectivity index is 1.61. The van der Waals surface area contributed by atoms with Gasteiger partial charge in [-0.25, -0.2) is 4.68 Å². The molecule has 0 aliphatic carbocycles. The second-order valence-electron chi connectivity index (χ2n) is 6.40. The monoisotopic (exact) mass is 417 g/mol. The van der Waals surface area contributed by atoms with Crippen LogP contribution in [0.15, 0.2) is 55.0 Å². The summed E-state index contributed by atoms with van der Waals surface area (Å²) in [6.45, 7) is 1.66. The second-order valence-corrected chi connectivity index (χ2v) is 6.40. The van der Waals surface area contributed by atoms with Crippen molar-refractivity contribution in [2.24, 2.45) is 0 Å². The number of alkyl halides is 3. The predicted molar refractivity (Wildman–Crippen MR) is 103 cm³/mol. The molecule has 0 saturated heterocycles. The minimum Gasteiger partial charge on any atom is -0.351 e. The third-order valence-electron chi connectivity index (χ3n) is 4.26. The summed E-state index contributed by atoms with van der Waals surface area (Å²) in [7, 11) is 0. The fourth-order valence-electron chi connectivity index (χ4n) is 2.75. The number of rotatable bonds is 6. The van der Waals surface area contributed by atoms with Crippen molar-refractivity contribution in [3.63, 3.8) is 0 Å². The molecule has 2 heterocycles. The van der Waals surface area contributed by atoms with Crippen molar-refractivity contribution in [1.82, 2.24) is 20.1 Å². The smallest absolute Gasteiger partial charge is 0.351 e. The van der Waals surface area contributed by atoms with Gasteiger partial charge in [0, 0.05) is 19.2 Å². The largest absolute Gasteiger partial charge is 0.416 e. The van der Waals surface area contributed by atoms with Crippen LogP contribution >= 0.6 is 0 Å². The number of benzene rings is 1. The third kappa shape index (κ3) is 5.02. The minimum absolute atomic E-state index is 0.0431. The second kappa shape index (κ2) is 8.76. The van der Waals surface area contributed by atoms with Gasteiger partial charge in [0.15, 0.2) is 0 Å². The van der Waals surface area contributed by atoms with Gasteiger partial charge < -0.3 is 10.6 Å². The standard InChI is InChI=1S/C20H18F3N5O2/c1-13-17(12-26-28(13)16-6-2-4-14(10-16)20(21,22)23)19(30)25-9-7-18(29)27-15-5-3-8-24-11-15/h2-6,8,10-12H,7,9H2,1H3,(H,25,30)(H,27,29). The molecular weight excluding hydrogens is 399 g/mol. The molecule has 0 atom stereocenters. The number of hydrogen-bond acceptors (Lipinski definition) is 4. The van der Waals surface area contributed by atoms with E-state index >= 15 is 0 Å². The molecule has 30 heavy (non-hydrogen) atoms. The van der Waals surface area contributed by atoms with Gasteiger partial charge in [0.1, 0.15) is 0 Å². The van der Waals surface area contributed by atoms with E-state index in [0.29, 0.717) is 11.4 Å². The number of halogens is 3. The normalized spacial score (nSPS) is 11.2. The topological polar surface area (TPSA) is 88.9 Å². The van der Waals surface area contributed by atoms with E-state index < -0.39 is 17.6 Å². The fraction of sp³-hybridized carbons (Fsp3) is 0.200. The van der Waals surface area contributed by atoms with Gasteiger partial charge in [-0.3, -0.25) is 14.6 Å². The highest BCUT2D eigenvalue weighted by Crippen LogP contribution is 2.30. The summed E-state index contributed by atoms with van der Waals surface area (Å²) in [5.41, 5.74) is 0.525. The number of amides is 2. The van der Waals surface area contributed by atoms with Crippen molar-refractivity contribution in [2.75, 3.05) is 11.9 Å². The van der Waals surface area contributed by atoms with Crippen LogP contribution in [0.5, 0.6) is 0 Å². The first-order chi connectivity index (χ1) is 14.3. The van der Waals surface area contributed by atoms with E-state index in [-0.39, 0.29) is 30.1 Å². The molecule has 156 valence electrons. The van der Waals surface area contributed by atoms with Crippen LogP contribution in [0.2, 0.25) is 0 Å². The van der Waals surface area contributed by atoms with Gasteiger partial charge in [0.25, 0.3) is 5.91 Å². The van der Waals surface area contributed by atoms with Gasteiger partial charge in [-0.2, -0.15) is 18.3 Å². The lowest BCUT2D eigenvalue weighted by Crippen LogP contribution is -2.28. The van der Waals surface area contributed by atoms with E-state index in [9.17, 15) is 22.8 Å². The van der Waals surface area contributed by atoms with E-state index in [4.69, 9.17) is 0 Å². The highest BCUT2D eigenvalue weighted by Gasteiger charge is 2.30. The molecule has 0 radical (unpaired) electrons. The number of anilines is 1. The Morgan fingerprint density at radius 1 is 1.13 bits per heavy atom. The molecule has 0 aliphatic rings. The number of nitrogens with zero attached hydrogens (tertiary/aromatic N) is 3. The van der Waals surface area contributed by atoms with Crippen molar-refractivity contribution in [3.05, 3.63) is 71.8 Å². The molecule has 0 spiro atoms. The Kier molecular flexibility index (Phi) is 6.14. The molecule has 0 aliphatic heterocycles. The molecule has 2 N–H and O–H groups in total. The summed E-state index contributed by atoms with van der Waals surface area (Å²) in [6.07, 6.45) is -0.0739. The SMILES string of the molecule is Cc1c(C(=O)NCCC(=O)Nc2cccnc2)cnn1-c1cccc(C(F)(F)F)c1. The number of carbonyl (C=O) groups is 2. The molecule has 7 nitrogen and oxygen atoms in total. The number of hydrogen-bond donors (Lipinski definition) is 2. The predicted octanol–water partition coefficient (Wildman–Crippen LogP) is 3.35. The van der Waals surface area contributed by atoms with Crippen LogP contribution in [0.25, 0.3) is 5.69 Å². The maximum absolute atomic E-state index is 12.9. The molecule has 3 aromatic rings. The number of carbonyl (C=O) groups excluding carboxylic acids is 2. The molecule has 0 fully saturated rings. The van der Waals surface area contributed by atoms with Crippen LogP contribution in [-0.4, -0.2) is 33.1 Å². The molecule has 2 amide bonds. The van der Waals surface area contributed by atoms with E-state index in [1.54, 1.807) is 25.3 Å². The Labute approximate surface area is 169 Å². The van der Waals surface area contributed by atoms with Crippen LogP contribution in [-0.2, 0) is 11.0 Å². The Bertz CT molecular complexity index is 1050. The molecule has 2 aromatic heterocycles. The van der Waals surface area contributed by atoms with Crippen LogP contribution in [0.4, 0.5) is 18.9 Å². The van der Waals surface area contributed by atoms with Gasteiger partial charge in [-0.05, 0) is 37.3 Å². The maximum atomic E-state index is 12.9. The highest BCUT2D eigenvalue weighted by molar-refractivity contribution is 5.96. The van der Waals surface area contributed by atoms with Gasteiger partial charge in [-0.1, -0.05) is 6.07 Å². The zero-order chi connectivity index (χ0) is 21.7. The van der Waals surface area contributed by atoms with Crippen LogP contribution < -0.4 is 10.6 Å². The lowest BCUT2D eigenvalue weighted by molar-refractivity contribution is -0.137. The van der Waals surface area contributed by atoms with Crippen LogP contribution in [0.1, 0.15) is 28.0 Å². The molecule has 1 aromatic carbocycles. The quantitative estimate of drug-likeness (QED) is 0.644. The first-order valence-corrected chi connectivity index (χ1v) is 8.96. The van der Waals surface area contributed by atoms with Crippen LogP contribution in [0, 0.1) is 6.92 Å². The lowest BCUT2D eigenvalue weighted by atomic mass is 10.2. The zero-order valence-corrected chi connectivity index (χ0v) is 15.9. The first kappa shape index (κ1) is 21.0. The molecule has 3 rings (SSSR count). The van der Waals surface area contributed by atoms with Crippen molar-refractivity contribution in [2.45, 2.75) is 19.5 Å². The van der Waals surface area contributed by atoms with Crippen molar-refractivity contribution in [3.8, 4) is 5.69 Å². The van der Waals surface area contributed by atoms with Gasteiger partial charge in [0.2, 0.25) is 5.91 Å². The summed E-state index contributed by atoms with van der Waals surface area (Å²) >= 11 is 0. The van der Waals surface area contributed by atoms with E-state index in [1.807, 2.05) is 0 Å². The van der Waals surface area contributed by atoms with Crippen molar-refractivity contribution < 1.29 is 22.8 Å². The Hall–Kier alpha value is -3.69. The maximum Gasteiger partial charge on any atom is 0.416 e. The first-order valence-electron chi connectivity index (χ1n) is 8.96. The molecule has 0 bridgehead atoms. The summed E-state index contributed by atoms with van der Waals surface area (Å²) in [5.74, 6) is -0.764. The van der Waals surface area contributed by atoms with Gasteiger partial charge >= 0.3 is 6.18 Å². The summed E-state index contributed by atoms with van der Waals surface area (Å²) in [6, 6.07) is 8.05. The average Bonchev–Trinajstić information content (AvgIpc) is 3.09. The van der Waals surface area contributed by atoms with E-state index in [2.05, 4.69) is 20.7 Å². The summed E-state index contributed by atoms with van der Waals surface area (Å²) in [4.78, 5) is 28.2. The molecule has 0 unspecified atom stereocenters. The zero-order valence-electron chi connectivity index (χ0n) is 15.9. The van der Waals surface area contributed by atoms with Crippen molar-refractivity contribution >= 4 is 17.5 Å². The minimum atomic E-state index is -4.48. The van der Waals surface area contributed by atoms with Gasteiger partial charge in [-0.15, -0.1) is 0 Å². The summed E-state index contributed by atoms with van der Waals surface area (Å²) in [5, 5.41) is 9.29. The van der Waals surface area contributed by atoms with Crippen molar-refractivity contribution in [1.29, 1.82) is 0 Å². The average molecular weight is 417 g/mol. The fourth-order valence-corrected chi connectivity index (χ4v) is 2.75. The highest BCUT2D eigenvalue weighted by atomic mass is 19.4. The molecule has 10 heteroatoms. The van der Waals surface area contributed by atoms with Crippen LogP contribution in [0.3, 0.4) is 0 Å². The van der Waals surface area contributed by atoms with E-state index in [0.717, 1.165) is 12.1 Å². The van der Waals surface area contributed by atoms with E-state index in [1.165, 1.54) is 29.2 Å². The molecule has 0 saturated carbocycles. The number of pyridine rings is 1. The lowest BCUT2D eigenvalue weighted by Gasteiger charge is -2.10. The molecular formula is C20H18F3N5O2.